The van der Waals surface area contributed by atoms with E-state index in [0.717, 1.165) is 23.0 Å². The van der Waals surface area contributed by atoms with Crippen LogP contribution < -0.4 is 15.4 Å². The average molecular weight is 339 g/mol. The molecule has 11 heteroatoms. The number of benzene rings is 1. The van der Waals surface area contributed by atoms with Crippen LogP contribution in [0.5, 0.6) is 0 Å². The van der Waals surface area contributed by atoms with Crippen LogP contribution in [-0.2, 0) is 0 Å². The first-order valence-electron chi connectivity index (χ1n) is 6.05. The standard InChI is InChI=1S/C12H8ClN5O5/c13-8-2-1-3-9(6-8)14-12(19)15-16-5-4-10(17(20)21)7-11(16)18(22)23/h1-7H,(H-,14,15,19)/p+1. The van der Waals surface area contributed by atoms with Crippen LogP contribution in [0.4, 0.5) is 22.0 Å². The molecule has 0 unspecified atom stereocenters. The fraction of sp³-hybridized carbons (Fsp3) is 0. The highest BCUT2D eigenvalue weighted by atomic mass is 35.5. The largest absolute Gasteiger partial charge is 0.537 e. The average Bonchev–Trinajstić information content (AvgIpc) is 2.47. The van der Waals surface area contributed by atoms with Gasteiger partial charge in [0.1, 0.15) is 4.92 Å². The Hall–Kier alpha value is -3.27. The predicted octanol–water partition coefficient (Wildman–Crippen LogP) is 2.22. The summed E-state index contributed by atoms with van der Waals surface area (Å²) in [5, 5.41) is 24.4. The minimum absolute atomic E-state index is 0.375. The maximum atomic E-state index is 11.8. The van der Waals surface area contributed by atoms with Crippen LogP contribution >= 0.6 is 11.6 Å². The van der Waals surface area contributed by atoms with Crippen molar-refractivity contribution in [3.63, 3.8) is 0 Å². The van der Waals surface area contributed by atoms with Gasteiger partial charge in [0.2, 0.25) is 6.20 Å². The van der Waals surface area contributed by atoms with E-state index in [9.17, 15) is 25.0 Å². The number of halogens is 1. The van der Waals surface area contributed by atoms with Crippen molar-refractivity contribution in [2.24, 2.45) is 0 Å². The van der Waals surface area contributed by atoms with E-state index in [-0.39, 0.29) is 0 Å². The van der Waals surface area contributed by atoms with Gasteiger partial charge >= 0.3 is 11.8 Å². The molecular weight excluding hydrogens is 330 g/mol. The number of anilines is 1. The van der Waals surface area contributed by atoms with Gasteiger partial charge in [-0.05, 0) is 22.9 Å². The Morgan fingerprint density at radius 1 is 1.13 bits per heavy atom. The molecule has 0 aliphatic heterocycles. The van der Waals surface area contributed by atoms with Crippen molar-refractivity contribution in [1.82, 2.24) is 0 Å². The Labute approximate surface area is 133 Å². The van der Waals surface area contributed by atoms with Crippen LogP contribution in [0.15, 0.2) is 42.6 Å². The molecule has 118 valence electrons. The minimum atomic E-state index is -0.854. The molecule has 1 aromatic heterocycles. The molecule has 2 N–H and O–H groups in total. The van der Waals surface area contributed by atoms with E-state index < -0.39 is 27.4 Å². The number of nitrogens with one attached hydrogen (secondary N) is 2. The van der Waals surface area contributed by atoms with Gasteiger partial charge in [-0.1, -0.05) is 23.1 Å². The highest BCUT2D eigenvalue weighted by molar-refractivity contribution is 6.30. The Bertz CT molecular complexity index is 797. The normalized spacial score (nSPS) is 9.96. The number of nitrogens with zero attached hydrogens (tertiary/aromatic N) is 3. The lowest BCUT2D eigenvalue weighted by atomic mass is 10.3. The summed E-state index contributed by atoms with van der Waals surface area (Å²) < 4.78 is 0.757. The summed E-state index contributed by atoms with van der Waals surface area (Å²) in [5.74, 6) is -0.666. The monoisotopic (exact) mass is 338 g/mol. The van der Waals surface area contributed by atoms with Crippen LogP contribution in [0.3, 0.4) is 0 Å². The van der Waals surface area contributed by atoms with Gasteiger partial charge in [0.15, 0.2) is 6.07 Å². The SMILES string of the molecule is O=C(Nc1cccc(Cl)c1)N[n+]1ccc([N+](=O)[O-])cc1[N+](=O)[O-]. The number of carbonyl (C=O) groups is 1. The number of nitro groups is 2. The Balaban J connectivity index is 2.20. The molecule has 1 aromatic carbocycles. The zero-order valence-corrected chi connectivity index (χ0v) is 12.1. The summed E-state index contributed by atoms with van der Waals surface area (Å²) in [7, 11) is 0. The zero-order chi connectivity index (χ0) is 17.0. The van der Waals surface area contributed by atoms with E-state index in [2.05, 4.69) is 10.7 Å². The topological polar surface area (TPSA) is 131 Å². The van der Waals surface area contributed by atoms with Crippen molar-refractivity contribution in [2.45, 2.75) is 0 Å². The fourth-order valence-electron chi connectivity index (χ4n) is 1.66. The van der Waals surface area contributed by atoms with Gasteiger partial charge in [-0.2, -0.15) is 0 Å². The number of amides is 2. The highest BCUT2D eigenvalue weighted by Gasteiger charge is 2.29. The van der Waals surface area contributed by atoms with Crippen molar-refractivity contribution >= 4 is 34.8 Å². The van der Waals surface area contributed by atoms with Crippen LogP contribution in [-0.4, -0.2) is 15.9 Å². The lowest BCUT2D eigenvalue weighted by molar-refractivity contribution is -0.692. The molecule has 0 aliphatic carbocycles. The van der Waals surface area contributed by atoms with Crippen molar-refractivity contribution in [1.29, 1.82) is 0 Å². The molecule has 0 atom stereocenters. The Morgan fingerprint density at radius 2 is 1.87 bits per heavy atom. The third-order valence-electron chi connectivity index (χ3n) is 2.62. The molecule has 10 nitrogen and oxygen atoms in total. The molecule has 2 aromatic rings. The number of aromatic nitrogens is 1. The van der Waals surface area contributed by atoms with E-state index in [0.29, 0.717) is 10.7 Å². The first-order valence-corrected chi connectivity index (χ1v) is 6.42. The molecule has 0 saturated carbocycles. The van der Waals surface area contributed by atoms with E-state index in [1.165, 1.54) is 6.07 Å². The molecule has 23 heavy (non-hydrogen) atoms. The molecule has 0 saturated heterocycles. The summed E-state index contributed by atoms with van der Waals surface area (Å²) in [6, 6.07) is 7.25. The maximum absolute atomic E-state index is 11.8. The molecule has 1 heterocycles. The van der Waals surface area contributed by atoms with Crippen LogP contribution in [0.25, 0.3) is 0 Å². The summed E-state index contributed by atoms with van der Waals surface area (Å²) in [5.41, 5.74) is 2.09. The predicted molar refractivity (Wildman–Crippen MR) is 79.8 cm³/mol. The molecular formula is C12H9ClN5O5+. The van der Waals surface area contributed by atoms with Gasteiger partial charge in [-0.15, -0.1) is 0 Å². The quantitative estimate of drug-likeness (QED) is 0.501. The molecule has 0 spiro atoms. The number of hydrogen-bond acceptors (Lipinski definition) is 5. The lowest BCUT2D eigenvalue weighted by Crippen LogP contribution is -2.51. The number of urea groups is 1. The summed E-state index contributed by atoms with van der Waals surface area (Å²) >= 11 is 5.77. The summed E-state index contributed by atoms with van der Waals surface area (Å²) in [6.07, 6.45) is 1.01. The lowest BCUT2D eigenvalue weighted by Gasteiger charge is -2.04. The zero-order valence-electron chi connectivity index (χ0n) is 11.3. The second-order valence-corrected chi connectivity index (χ2v) is 4.64. The first kappa shape index (κ1) is 16.1. The van der Waals surface area contributed by atoms with Crippen LogP contribution in [0.2, 0.25) is 5.02 Å². The smallest absolute Gasteiger partial charge is 0.304 e. The van der Waals surface area contributed by atoms with Gasteiger partial charge < -0.3 is 5.32 Å². The van der Waals surface area contributed by atoms with Gasteiger partial charge in [-0.25, -0.2) is 4.79 Å². The van der Waals surface area contributed by atoms with Gasteiger partial charge in [0.25, 0.3) is 5.69 Å². The Kier molecular flexibility index (Phi) is 4.66. The number of pyridine rings is 1. The van der Waals surface area contributed by atoms with E-state index in [4.69, 9.17) is 11.6 Å². The van der Waals surface area contributed by atoms with Crippen molar-refractivity contribution in [2.75, 3.05) is 10.7 Å². The van der Waals surface area contributed by atoms with Gasteiger partial charge in [-0.3, -0.25) is 20.2 Å². The van der Waals surface area contributed by atoms with Crippen molar-refractivity contribution in [3.05, 3.63) is 67.8 Å². The third-order valence-corrected chi connectivity index (χ3v) is 2.86. The molecule has 0 bridgehead atoms. The van der Waals surface area contributed by atoms with Gasteiger partial charge in [0.05, 0.1) is 11.0 Å². The van der Waals surface area contributed by atoms with E-state index in [1.54, 1.807) is 18.2 Å². The van der Waals surface area contributed by atoms with E-state index in [1.807, 2.05) is 0 Å². The van der Waals surface area contributed by atoms with Crippen LogP contribution in [0, 0.1) is 20.2 Å². The second-order valence-electron chi connectivity index (χ2n) is 4.20. The Morgan fingerprint density at radius 3 is 2.48 bits per heavy atom. The number of hydrogen-bond donors (Lipinski definition) is 2. The third kappa shape index (κ3) is 4.11. The second kappa shape index (κ2) is 6.66. The molecule has 2 rings (SSSR count). The summed E-state index contributed by atoms with van der Waals surface area (Å²) in [4.78, 5) is 31.8. The minimum Gasteiger partial charge on any atom is -0.304 e. The number of carbonyl (C=O) groups excluding carboxylic acids is 1. The molecule has 0 radical (unpaired) electrons. The molecule has 0 fully saturated rings. The van der Waals surface area contributed by atoms with Crippen molar-refractivity contribution < 1.29 is 19.3 Å². The summed E-state index contributed by atoms with van der Waals surface area (Å²) in [6.45, 7) is 0. The number of rotatable bonds is 4. The highest BCUT2D eigenvalue weighted by Crippen LogP contribution is 2.15. The fourth-order valence-corrected chi connectivity index (χ4v) is 1.85. The van der Waals surface area contributed by atoms with Crippen molar-refractivity contribution in [3.8, 4) is 0 Å². The molecule has 2 amide bonds. The van der Waals surface area contributed by atoms with E-state index >= 15 is 0 Å². The van der Waals surface area contributed by atoms with Crippen LogP contribution in [0.1, 0.15) is 0 Å². The maximum Gasteiger partial charge on any atom is 0.537 e. The van der Waals surface area contributed by atoms with Gasteiger partial charge in [0, 0.05) is 10.7 Å². The molecule has 0 aliphatic rings. The first-order chi connectivity index (χ1) is 10.9.